The Bertz CT molecular complexity index is 254. The van der Waals surface area contributed by atoms with E-state index in [0.29, 0.717) is 25.5 Å². The Morgan fingerprint density at radius 1 is 1.06 bits per heavy atom. The van der Waals surface area contributed by atoms with Gasteiger partial charge in [0.05, 0.1) is 0 Å². The first-order chi connectivity index (χ1) is 7.85. The first-order valence-corrected chi connectivity index (χ1v) is 5.93. The lowest BCUT2D eigenvalue weighted by Crippen LogP contribution is -2.41. The van der Waals surface area contributed by atoms with Gasteiger partial charge in [-0.25, -0.2) is 9.59 Å². The third-order valence-corrected chi connectivity index (χ3v) is 1.65. The second-order valence-corrected chi connectivity index (χ2v) is 4.68. The number of hydrogen-bond acceptors (Lipinski definition) is 3. The molecule has 0 aliphatic heterocycles. The second-order valence-electron chi connectivity index (χ2n) is 4.30. The van der Waals surface area contributed by atoms with Crippen LogP contribution in [0.3, 0.4) is 0 Å². The van der Waals surface area contributed by atoms with Gasteiger partial charge in [-0.3, -0.25) is 0 Å². The zero-order valence-electron chi connectivity index (χ0n) is 10.4. The molecule has 6 nitrogen and oxygen atoms in total. The summed E-state index contributed by atoms with van der Waals surface area (Å²) in [4.78, 5) is 22.2. The van der Waals surface area contributed by atoms with Crippen molar-refractivity contribution < 1.29 is 14.3 Å². The minimum atomic E-state index is -0.519. The van der Waals surface area contributed by atoms with Crippen LogP contribution >= 0.6 is 11.6 Å². The SMILES string of the molecule is CC(C)(C)OC(=O)NCCNC(=O)NCCCl. The third-order valence-electron chi connectivity index (χ3n) is 1.46. The fraction of sp³-hybridized carbons (Fsp3) is 0.800. The summed E-state index contributed by atoms with van der Waals surface area (Å²) >= 11 is 5.39. The smallest absolute Gasteiger partial charge is 0.407 e. The molecule has 0 atom stereocenters. The summed E-state index contributed by atoms with van der Waals surface area (Å²) in [6.07, 6.45) is -0.500. The Balaban J connectivity index is 3.51. The van der Waals surface area contributed by atoms with Crippen molar-refractivity contribution in [2.75, 3.05) is 25.5 Å². The van der Waals surface area contributed by atoms with E-state index in [9.17, 15) is 9.59 Å². The molecule has 0 rings (SSSR count). The molecule has 0 heterocycles. The largest absolute Gasteiger partial charge is 0.444 e. The molecular formula is C10H20ClN3O3. The molecule has 0 radical (unpaired) electrons. The fourth-order valence-corrected chi connectivity index (χ4v) is 0.973. The van der Waals surface area contributed by atoms with Crippen LogP contribution in [0.25, 0.3) is 0 Å². The zero-order chi connectivity index (χ0) is 13.3. The lowest BCUT2D eigenvalue weighted by Gasteiger charge is -2.19. The van der Waals surface area contributed by atoms with Crippen LogP contribution in [0, 0.1) is 0 Å². The quantitative estimate of drug-likeness (QED) is 0.513. The van der Waals surface area contributed by atoms with Crippen LogP contribution in [0.2, 0.25) is 0 Å². The van der Waals surface area contributed by atoms with E-state index in [1.807, 2.05) is 0 Å². The van der Waals surface area contributed by atoms with Gasteiger partial charge in [-0.05, 0) is 20.8 Å². The molecular weight excluding hydrogens is 246 g/mol. The van der Waals surface area contributed by atoms with Crippen molar-refractivity contribution in [3.63, 3.8) is 0 Å². The molecule has 0 saturated heterocycles. The number of amides is 3. The Labute approximate surface area is 106 Å². The number of alkyl halides is 1. The highest BCUT2D eigenvalue weighted by Gasteiger charge is 2.15. The van der Waals surface area contributed by atoms with Crippen molar-refractivity contribution in [2.24, 2.45) is 0 Å². The zero-order valence-corrected chi connectivity index (χ0v) is 11.2. The number of nitrogens with one attached hydrogen (secondary N) is 3. The molecule has 0 spiro atoms. The summed E-state index contributed by atoms with van der Waals surface area (Å²) in [5.41, 5.74) is -0.519. The first-order valence-electron chi connectivity index (χ1n) is 5.39. The predicted octanol–water partition coefficient (Wildman–Crippen LogP) is 1.05. The van der Waals surface area contributed by atoms with Crippen LogP contribution in [-0.4, -0.2) is 43.2 Å². The normalized spacial score (nSPS) is 10.6. The number of carbonyl (C=O) groups excluding carboxylic acids is 2. The molecule has 7 heteroatoms. The Kier molecular flexibility index (Phi) is 7.45. The molecule has 0 aromatic rings. The molecule has 0 aromatic heterocycles. The molecule has 100 valence electrons. The Morgan fingerprint density at radius 2 is 1.59 bits per heavy atom. The van der Waals surface area contributed by atoms with Gasteiger partial charge >= 0.3 is 12.1 Å². The number of ether oxygens (including phenoxy) is 1. The van der Waals surface area contributed by atoms with Crippen molar-refractivity contribution in [1.29, 1.82) is 0 Å². The summed E-state index contributed by atoms with van der Waals surface area (Å²) in [6.45, 7) is 6.39. The monoisotopic (exact) mass is 265 g/mol. The highest BCUT2D eigenvalue weighted by atomic mass is 35.5. The van der Waals surface area contributed by atoms with Gasteiger partial charge in [0.1, 0.15) is 5.60 Å². The Morgan fingerprint density at radius 3 is 2.12 bits per heavy atom. The van der Waals surface area contributed by atoms with Crippen molar-refractivity contribution in [3.8, 4) is 0 Å². The van der Waals surface area contributed by atoms with Crippen LogP contribution in [0.1, 0.15) is 20.8 Å². The molecule has 3 amide bonds. The van der Waals surface area contributed by atoms with Crippen molar-refractivity contribution in [3.05, 3.63) is 0 Å². The number of hydrogen-bond donors (Lipinski definition) is 3. The summed E-state index contributed by atoms with van der Waals surface area (Å²) in [5, 5.41) is 7.61. The van der Waals surface area contributed by atoms with Crippen molar-refractivity contribution >= 4 is 23.7 Å². The van der Waals surface area contributed by atoms with Gasteiger partial charge in [-0.1, -0.05) is 0 Å². The van der Waals surface area contributed by atoms with Gasteiger partial charge in [0.15, 0.2) is 0 Å². The average Bonchev–Trinajstić information content (AvgIpc) is 2.19. The van der Waals surface area contributed by atoms with E-state index in [-0.39, 0.29) is 6.03 Å². The topological polar surface area (TPSA) is 79.5 Å². The van der Waals surface area contributed by atoms with Crippen molar-refractivity contribution in [1.82, 2.24) is 16.0 Å². The van der Waals surface area contributed by atoms with Gasteiger partial charge in [0.25, 0.3) is 0 Å². The molecule has 0 aliphatic rings. The molecule has 17 heavy (non-hydrogen) atoms. The molecule has 0 bridgehead atoms. The molecule has 0 aliphatic carbocycles. The lowest BCUT2D eigenvalue weighted by atomic mass is 10.2. The number of urea groups is 1. The molecule has 0 unspecified atom stereocenters. The predicted molar refractivity (Wildman–Crippen MR) is 66.4 cm³/mol. The van der Waals surface area contributed by atoms with Crippen LogP contribution in [0.4, 0.5) is 9.59 Å². The standard InChI is InChI=1S/C10H20ClN3O3/c1-10(2,3)17-9(16)14-7-6-13-8(15)12-5-4-11/h4-7H2,1-3H3,(H,14,16)(H2,12,13,15). The number of carbonyl (C=O) groups is 2. The second kappa shape index (κ2) is 8.00. The highest BCUT2D eigenvalue weighted by Crippen LogP contribution is 2.05. The average molecular weight is 266 g/mol. The summed E-state index contributed by atoms with van der Waals surface area (Å²) in [7, 11) is 0. The minimum absolute atomic E-state index is 0.309. The first kappa shape index (κ1) is 15.8. The van der Waals surface area contributed by atoms with E-state index in [4.69, 9.17) is 16.3 Å². The van der Waals surface area contributed by atoms with Gasteiger partial charge < -0.3 is 20.7 Å². The molecule has 0 saturated carbocycles. The van der Waals surface area contributed by atoms with Crippen LogP contribution < -0.4 is 16.0 Å². The van der Waals surface area contributed by atoms with Gasteiger partial charge in [0, 0.05) is 25.5 Å². The minimum Gasteiger partial charge on any atom is -0.444 e. The fourth-order valence-electron chi connectivity index (χ4n) is 0.878. The van der Waals surface area contributed by atoms with E-state index in [2.05, 4.69) is 16.0 Å². The maximum Gasteiger partial charge on any atom is 0.407 e. The van der Waals surface area contributed by atoms with Gasteiger partial charge in [-0.15, -0.1) is 11.6 Å². The molecule has 0 aromatic carbocycles. The maximum atomic E-state index is 11.2. The van der Waals surface area contributed by atoms with E-state index in [1.165, 1.54) is 0 Å². The Hall–Kier alpha value is -1.17. The van der Waals surface area contributed by atoms with Crippen molar-refractivity contribution in [2.45, 2.75) is 26.4 Å². The number of alkyl carbamates (subject to hydrolysis) is 1. The summed E-state index contributed by atoms with van der Waals surface area (Å²) < 4.78 is 5.01. The van der Waals surface area contributed by atoms with Gasteiger partial charge in [0.2, 0.25) is 0 Å². The van der Waals surface area contributed by atoms with E-state index >= 15 is 0 Å². The third kappa shape index (κ3) is 11.1. The van der Waals surface area contributed by atoms with E-state index in [0.717, 1.165) is 0 Å². The molecule has 3 N–H and O–H groups in total. The summed E-state index contributed by atoms with van der Waals surface area (Å²) in [6, 6.07) is -0.309. The van der Waals surface area contributed by atoms with Gasteiger partial charge in [-0.2, -0.15) is 0 Å². The lowest BCUT2D eigenvalue weighted by molar-refractivity contribution is 0.0528. The summed E-state index contributed by atoms with van der Waals surface area (Å²) in [5.74, 6) is 0.365. The van der Waals surface area contributed by atoms with Crippen LogP contribution in [0.15, 0.2) is 0 Å². The van der Waals surface area contributed by atoms with E-state index in [1.54, 1.807) is 20.8 Å². The van der Waals surface area contributed by atoms with E-state index < -0.39 is 11.7 Å². The van der Waals surface area contributed by atoms with Crippen LogP contribution in [0.5, 0.6) is 0 Å². The maximum absolute atomic E-state index is 11.2. The number of halogens is 1. The molecule has 0 fully saturated rings. The highest BCUT2D eigenvalue weighted by molar-refractivity contribution is 6.18. The number of rotatable bonds is 5. The van der Waals surface area contributed by atoms with Crippen LogP contribution in [-0.2, 0) is 4.74 Å².